The predicted octanol–water partition coefficient (Wildman–Crippen LogP) is 11.0. The highest BCUT2D eigenvalue weighted by molar-refractivity contribution is 5.80. The van der Waals surface area contributed by atoms with E-state index in [0.29, 0.717) is 12.8 Å². The molecule has 1 atom stereocenters. The van der Waals surface area contributed by atoms with Crippen LogP contribution in [0.5, 0.6) is 0 Å². The van der Waals surface area contributed by atoms with Gasteiger partial charge in [-0.25, -0.2) is 0 Å². The fourth-order valence-corrected chi connectivity index (χ4v) is 4.51. The number of unbranched alkanes of at least 4 members (excludes halogenated alkanes) is 6. The molecular weight excluding hydrogens is 598 g/mol. The molecule has 0 aliphatic rings. The van der Waals surface area contributed by atoms with E-state index in [1.807, 2.05) is 6.08 Å². The van der Waals surface area contributed by atoms with Crippen molar-refractivity contribution in [1.82, 2.24) is 5.32 Å². The predicted molar refractivity (Wildman–Crippen MR) is 203 cm³/mol. The number of carbonyl (C=O) groups is 3. The van der Waals surface area contributed by atoms with Crippen LogP contribution in [-0.4, -0.2) is 35.6 Å². The summed E-state index contributed by atoms with van der Waals surface area (Å²) in [6, 6.07) is 0. The first-order valence-corrected chi connectivity index (χ1v) is 18.4. The van der Waals surface area contributed by atoms with Gasteiger partial charge in [-0.2, -0.15) is 0 Å². The standard InChI is InChI=1S/C42H65NO5/c1-3-5-7-9-10-11-12-13-14-15-16-17-18-19-20-21-22-23-24-25-26-27-33-37-42(47)48-39(34-30-8-6-4-2)35-31-28-29-32-36-40(44)43-38-41(45)46/h5,7,10-11,13-14,16-17,19-20,22-23,25-26,30,34,39H,3-4,6,8-9,12,15,18,21,24,27-29,31-33,35-38H2,1-2H3,(H,43,44)(H,45,46)/b7-5-,11-10-,14-13-,17-16-,20-19-,23-22-,26-25-,34-30-. The number of hydrogen-bond donors (Lipinski definition) is 2. The molecule has 0 spiro atoms. The van der Waals surface area contributed by atoms with Crippen LogP contribution in [0.25, 0.3) is 0 Å². The number of ether oxygens (including phenoxy) is 1. The summed E-state index contributed by atoms with van der Waals surface area (Å²) < 4.78 is 5.78. The first-order chi connectivity index (χ1) is 23.5. The van der Waals surface area contributed by atoms with Crippen molar-refractivity contribution in [2.45, 2.75) is 142 Å². The summed E-state index contributed by atoms with van der Waals surface area (Å²) in [5.74, 6) is -1.42. The van der Waals surface area contributed by atoms with Crippen molar-refractivity contribution in [3.05, 3.63) is 97.2 Å². The Hall–Kier alpha value is -3.67. The van der Waals surface area contributed by atoms with Gasteiger partial charge in [0, 0.05) is 12.8 Å². The van der Waals surface area contributed by atoms with Gasteiger partial charge < -0.3 is 15.2 Å². The summed E-state index contributed by atoms with van der Waals surface area (Å²) in [5.41, 5.74) is 0. The third kappa shape index (κ3) is 35.2. The van der Waals surface area contributed by atoms with E-state index >= 15 is 0 Å². The Bertz CT molecular complexity index is 1040. The normalized spacial score (nSPS) is 13.2. The van der Waals surface area contributed by atoms with Crippen LogP contribution in [0.2, 0.25) is 0 Å². The first kappa shape index (κ1) is 44.3. The second kappa shape index (κ2) is 36.2. The number of nitrogens with one attached hydrogen (secondary N) is 1. The van der Waals surface area contributed by atoms with Crippen LogP contribution in [-0.2, 0) is 19.1 Å². The van der Waals surface area contributed by atoms with Crippen molar-refractivity contribution in [3.63, 3.8) is 0 Å². The number of aliphatic carboxylic acids is 1. The minimum atomic E-state index is -1.04. The molecule has 2 N–H and O–H groups in total. The lowest BCUT2D eigenvalue weighted by molar-refractivity contribution is -0.147. The molecule has 1 amide bonds. The zero-order valence-corrected chi connectivity index (χ0v) is 30.0. The Morgan fingerprint density at radius 3 is 1.60 bits per heavy atom. The highest BCUT2D eigenvalue weighted by Crippen LogP contribution is 2.13. The van der Waals surface area contributed by atoms with Gasteiger partial charge >= 0.3 is 11.9 Å². The Morgan fingerprint density at radius 1 is 0.583 bits per heavy atom. The van der Waals surface area contributed by atoms with E-state index in [0.717, 1.165) is 109 Å². The third-order valence-corrected chi connectivity index (χ3v) is 7.22. The van der Waals surface area contributed by atoms with Crippen LogP contribution in [0.4, 0.5) is 0 Å². The average molecular weight is 664 g/mol. The number of carboxylic acids is 1. The summed E-state index contributed by atoms with van der Waals surface area (Å²) in [7, 11) is 0. The smallest absolute Gasteiger partial charge is 0.322 e. The van der Waals surface area contributed by atoms with Gasteiger partial charge in [0.2, 0.25) is 5.91 Å². The molecule has 0 aromatic heterocycles. The maximum Gasteiger partial charge on any atom is 0.322 e. The van der Waals surface area contributed by atoms with Gasteiger partial charge in [-0.15, -0.1) is 0 Å². The summed E-state index contributed by atoms with van der Waals surface area (Å²) >= 11 is 0. The van der Waals surface area contributed by atoms with Gasteiger partial charge in [-0.3, -0.25) is 14.4 Å². The van der Waals surface area contributed by atoms with Gasteiger partial charge in [0.25, 0.3) is 0 Å². The number of esters is 1. The van der Waals surface area contributed by atoms with Crippen LogP contribution >= 0.6 is 0 Å². The maximum absolute atomic E-state index is 12.5. The van der Waals surface area contributed by atoms with E-state index in [-0.39, 0.29) is 24.5 Å². The molecule has 0 bridgehead atoms. The minimum Gasteiger partial charge on any atom is -0.480 e. The number of allylic oxidation sites excluding steroid dienone is 15. The third-order valence-electron chi connectivity index (χ3n) is 7.22. The van der Waals surface area contributed by atoms with E-state index in [4.69, 9.17) is 9.84 Å². The van der Waals surface area contributed by atoms with Crippen molar-refractivity contribution < 1.29 is 24.2 Å². The lowest BCUT2D eigenvalue weighted by Gasteiger charge is -2.14. The lowest BCUT2D eigenvalue weighted by atomic mass is 10.1. The zero-order chi connectivity index (χ0) is 35.2. The SMILES string of the molecule is CC/C=C\C/C=C\C/C=C\C/C=C\C/C=C\C/C=C\C/C=C\CCCC(=O)OC(/C=C\CCCC)CCCCCCC(=O)NCC(=O)O. The van der Waals surface area contributed by atoms with Gasteiger partial charge in [0.15, 0.2) is 0 Å². The molecule has 268 valence electrons. The van der Waals surface area contributed by atoms with E-state index in [1.165, 1.54) is 0 Å². The molecule has 0 fully saturated rings. The summed E-state index contributed by atoms with van der Waals surface area (Å²) in [6.07, 6.45) is 51.4. The van der Waals surface area contributed by atoms with Crippen LogP contribution in [0.15, 0.2) is 97.2 Å². The van der Waals surface area contributed by atoms with Gasteiger partial charge in [-0.1, -0.05) is 131 Å². The maximum atomic E-state index is 12.5. The highest BCUT2D eigenvalue weighted by atomic mass is 16.5. The average Bonchev–Trinajstić information content (AvgIpc) is 3.07. The summed E-state index contributed by atoms with van der Waals surface area (Å²) in [5, 5.41) is 11.0. The fourth-order valence-electron chi connectivity index (χ4n) is 4.51. The molecule has 0 saturated heterocycles. The molecule has 0 aromatic rings. The monoisotopic (exact) mass is 663 g/mol. The first-order valence-electron chi connectivity index (χ1n) is 18.4. The molecule has 0 heterocycles. The van der Waals surface area contributed by atoms with E-state index < -0.39 is 5.97 Å². The molecule has 1 unspecified atom stereocenters. The Labute approximate surface area is 292 Å². The minimum absolute atomic E-state index is 0.152. The second-order valence-corrected chi connectivity index (χ2v) is 11.7. The van der Waals surface area contributed by atoms with Crippen LogP contribution in [0.3, 0.4) is 0 Å². The summed E-state index contributed by atoms with van der Waals surface area (Å²) in [4.78, 5) is 34.6. The molecular formula is C42H65NO5. The summed E-state index contributed by atoms with van der Waals surface area (Å²) in [6.45, 7) is 3.97. The van der Waals surface area contributed by atoms with E-state index in [9.17, 15) is 14.4 Å². The fraction of sp³-hybridized carbons (Fsp3) is 0.548. The van der Waals surface area contributed by atoms with Gasteiger partial charge in [0.1, 0.15) is 12.6 Å². The largest absolute Gasteiger partial charge is 0.480 e. The van der Waals surface area contributed by atoms with Crippen LogP contribution in [0.1, 0.15) is 136 Å². The van der Waals surface area contributed by atoms with Crippen LogP contribution in [0, 0.1) is 0 Å². The molecule has 0 radical (unpaired) electrons. The molecule has 48 heavy (non-hydrogen) atoms. The number of amides is 1. The quantitative estimate of drug-likeness (QED) is 0.0437. The molecule has 6 nitrogen and oxygen atoms in total. The van der Waals surface area contributed by atoms with Crippen molar-refractivity contribution in [3.8, 4) is 0 Å². The zero-order valence-electron chi connectivity index (χ0n) is 30.0. The molecule has 6 heteroatoms. The highest BCUT2D eigenvalue weighted by Gasteiger charge is 2.11. The number of rotatable bonds is 31. The topological polar surface area (TPSA) is 92.7 Å². The Morgan fingerprint density at radius 2 is 1.08 bits per heavy atom. The molecule has 0 aromatic carbocycles. The number of hydrogen-bond acceptors (Lipinski definition) is 4. The molecule has 0 rings (SSSR count). The molecule has 0 aliphatic heterocycles. The lowest BCUT2D eigenvalue weighted by Crippen LogP contribution is -2.28. The molecule has 0 saturated carbocycles. The van der Waals surface area contributed by atoms with Crippen molar-refractivity contribution in [2.24, 2.45) is 0 Å². The Kier molecular flexibility index (Phi) is 33.4. The second-order valence-electron chi connectivity index (χ2n) is 11.7. The van der Waals surface area contributed by atoms with Crippen molar-refractivity contribution in [2.75, 3.05) is 6.54 Å². The van der Waals surface area contributed by atoms with Crippen molar-refractivity contribution in [1.29, 1.82) is 0 Å². The van der Waals surface area contributed by atoms with Gasteiger partial charge in [-0.05, 0) is 89.5 Å². The van der Waals surface area contributed by atoms with Crippen molar-refractivity contribution >= 4 is 17.8 Å². The Balaban J connectivity index is 4.05. The van der Waals surface area contributed by atoms with E-state index in [2.05, 4.69) is 110 Å². The number of carboxylic acid groups (broad SMARTS) is 1. The van der Waals surface area contributed by atoms with Crippen LogP contribution < -0.4 is 5.32 Å². The number of carbonyl (C=O) groups excluding carboxylic acids is 2. The van der Waals surface area contributed by atoms with Gasteiger partial charge in [0.05, 0.1) is 0 Å². The van der Waals surface area contributed by atoms with E-state index in [1.54, 1.807) is 0 Å². The molecule has 0 aliphatic carbocycles.